The van der Waals surface area contributed by atoms with Crippen LogP contribution >= 0.6 is 0 Å². The quantitative estimate of drug-likeness (QED) is 0.266. The number of hydrogen-bond acceptors (Lipinski definition) is 10. The van der Waals surface area contributed by atoms with E-state index in [-0.39, 0.29) is 23.2 Å². The molecule has 1 aliphatic rings. The molecule has 5 rings (SSSR count). The first kappa shape index (κ1) is 34.9. The van der Waals surface area contributed by atoms with Crippen LogP contribution in [0.15, 0.2) is 58.4 Å². The van der Waals surface area contributed by atoms with E-state index in [9.17, 15) is 19.2 Å². The van der Waals surface area contributed by atoms with E-state index in [1.54, 1.807) is 60.9 Å². The SMILES string of the molecule is CCOC(=O)C1(CCCn2c(=O)cnc3ccc(OC)cc32)CCN(C(=O)OC(C)(C)C)CC1.COc1ccc2ncc(=O)[nH]c2c1. The summed E-state index contributed by atoms with van der Waals surface area (Å²) in [6, 6.07) is 10.8. The standard InChI is InChI=1S/C25H35N3O6.C9H8N2O2/c1-6-33-22(30)25(11-14-27(15-12-25)23(31)34-24(2,3)4)10-7-13-28-20-16-18(32-5)8-9-19(20)26-17-21(28)29;1-13-6-2-3-7-8(4-6)11-9(12)5-10-7/h8-9,16-17H,6-7,10-15H2,1-5H3;2-5H,1H3,(H,11,12). The number of likely N-dealkylation sites (tertiary alicyclic amines) is 1. The van der Waals surface area contributed by atoms with Gasteiger partial charge in [0, 0.05) is 31.8 Å². The second kappa shape index (κ2) is 15.1. The van der Waals surface area contributed by atoms with E-state index in [1.807, 2.05) is 26.8 Å². The zero-order valence-corrected chi connectivity index (χ0v) is 27.8. The first-order chi connectivity index (χ1) is 22.4. The summed E-state index contributed by atoms with van der Waals surface area (Å²) >= 11 is 0. The molecule has 1 saturated heterocycles. The Labute approximate surface area is 272 Å². The summed E-state index contributed by atoms with van der Waals surface area (Å²) in [4.78, 5) is 61.4. The lowest BCUT2D eigenvalue weighted by Crippen LogP contribution is -2.48. The van der Waals surface area contributed by atoms with Gasteiger partial charge in [0.1, 0.15) is 17.1 Å². The number of esters is 1. The summed E-state index contributed by atoms with van der Waals surface area (Å²) in [7, 11) is 3.16. The lowest BCUT2D eigenvalue weighted by molar-refractivity contribution is -0.159. The second-order valence-corrected chi connectivity index (χ2v) is 12.3. The maximum Gasteiger partial charge on any atom is 0.410 e. The van der Waals surface area contributed by atoms with E-state index in [0.29, 0.717) is 80.0 Å². The Hall–Kier alpha value is -4.94. The minimum Gasteiger partial charge on any atom is -0.497 e. The number of fused-ring (bicyclic) bond motifs is 2. The molecule has 0 radical (unpaired) electrons. The fourth-order valence-electron chi connectivity index (χ4n) is 5.51. The Morgan fingerprint density at radius 3 is 2.21 bits per heavy atom. The van der Waals surface area contributed by atoms with Crippen molar-refractivity contribution in [1.82, 2.24) is 24.4 Å². The highest BCUT2D eigenvalue weighted by molar-refractivity contribution is 5.78. The summed E-state index contributed by atoms with van der Waals surface area (Å²) in [5, 5.41) is 0. The van der Waals surface area contributed by atoms with Crippen molar-refractivity contribution in [3.05, 3.63) is 69.5 Å². The molecular weight excluding hydrogens is 606 g/mol. The van der Waals surface area contributed by atoms with Gasteiger partial charge in [-0.1, -0.05) is 0 Å². The monoisotopic (exact) mass is 649 g/mol. The lowest BCUT2D eigenvalue weighted by atomic mass is 9.74. The van der Waals surface area contributed by atoms with E-state index in [4.69, 9.17) is 18.9 Å². The van der Waals surface area contributed by atoms with Crippen LogP contribution in [-0.4, -0.2) is 76.0 Å². The molecule has 252 valence electrons. The van der Waals surface area contributed by atoms with Gasteiger partial charge in [0.25, 0.3) is 11.1 Å². The molecule has 0 atom stereocenters. The molecule has 1 amide bonds. The van der Waals surface area contributed by atoms with E-state index in [0.717, 1.165) is 5.52 Å². The number of carbonyl (C=O) groups excluding carboxylic acids is 2. The number of rotatable bonds is 8. The Balaban J connectivity index is 0.000000318. The van der Waals surface area contributed by atoms with Crippen molar-refractivity contribution in [2.45, 2.75) is 65.5 Å². The summed E-state index contributed by atoms with van der Waals surface area (Å²) in [6.45, 7) is 8.85. The van der Waals surface area contributed by atoms with E-state index < -0.39 is 11.0 Å². The van der Waals surface area contributed by atoms with Crippen molar-refractivity contribution in [3.63, 3.8) is 0 Å². The number of aryl methyl sites for hydroxylation is 1. The Morgan fingerprint density at radius 1 is 0.936 bits per heavy atom. The molecule has 0 bridgehead atoms. The van der Waals surface area contributed by atoms with Gasteiger partial charge >= 0.3 is 12.1 Å². The van der Waals surface area contributed by atoms with E-state index in [2.05, 4.69) is 15.0 Å². The van der Waals surface area contributed by atoms with Crippen LogP contribution < -0.4 is 20.6 Å². The fraction of sp³-hybridized carbons (Fsp3) is 0.471. The van der Waals surface area contributed by atoms with Crippen LogP contribution in [0.2, 0.25) is 0 Å². The van der Waals surface area contributed by atoms with Gasteiger partial charge in [0.05, 0.1) is 60.7 Å². The van der Waals surface area contributed by atoms with Crippen molar-refractivity contribution >= 4 is 34.1 Å². The summed E-state index contributed by atoms with van der Waals surface area (Å²) in [6.07, 6.45) is 4.34. The first-order valence-electron chi connectivity index (χ1n) is 15.6. The van der Waals surface area contributed by atoms with E-state index >= 15 is 0 Å². The number of hydrogen-bond donors (Lipinski definition) is 1. The largest absolute Gasteiger partial charge is 0.497 e. The lowest BCUT2D eigenvalue weighted by Gasteiger charge is -2.40. The maximum absolute atomic E-state index is 13.0. The number of ether oxygens (including phenoxy) is 4. The molecule has 3 heterocycles. The number of piperidine rings is 1. The zero-order chi connectivity index (χ0) is 34.2. The third-order valence-electron chi connectivity index (χ3n) is 7.95. The Kier molecular flexibility index (Phi) is 11.2. The number of aromatic amines is 1. The summed E-state index contributed by atoms with van der Waals surface area (Å²) in [5.41, 5.74) is 1.15. The van der Waals surface area contributed by atoms with Gasteiger partial charge in [-0.15, -0.1) is 0 Å². The molecule has 1 fully saturated rings. The number of aromatic nitrogens is 4. The molecule has 0 unspecified atom stereocenters. The van der Waals surface area contributed by atoms with Crippen LogP contribution in [0.25, 0.3) is 22.1 Å². The third-order valence-corrected chi connectivity index (χ3v) is 7.95. The number of carbonyl (C=O) groups is 2. The number of nitrogens with zero attached hydrogens (tertiary/aromatic N) is 4. The number of nitrogens with one attached hydrogen (secondary N) is 1. The van der Waals surface area contributed by atoms with Gasteiger partial charge in [-0.3, -0.25) is 14.4 Å². The Bertz CT molecular complexity index is 1820. The van der Waals surface area contributed by atoms with Gasteiger partial charge in [-0.2, -0.15) is 0 Å². The van der Waals surface area contributed by atoms with Crippen LogP contribution in [0.5, 0.6) is 11.5 Å². The molecular formula is C34H43N5O8. The maximum atomic E-state index is 13.0. The smallest absolute Gasteiger partial charge is 0.410 e. The fourth-order valence-corrected chi connectivity index (χ4v) is 5.51. The average Bonchev–Trinajstić information content (AvgIpc) is 3.05. The number of benzene rings is 2. The second-order valence-electron chi connectivity index (χ2n) is 12.3. The molecule has 0 spiro atoms. The van der Waals surface area contributed by atoms with Gasteiger partial charge in [-0.05, 0) is 77.6 Å². The third kappa shape index (κ3) is 8.87. The van der Waals surface area contributed by atoms with Crippen molar-refractivity contribution < 1.29 is 28.5 Å². The van der Waals surface area contributed by atoms with Crippen LogP contribution in [0.1, 0.15) is 53.4 Å². The van der Waals surface area contributed by atoms with Gasteiger partial charge in [0.15, 0.2) is 0 Å². The highest BCUT2D eigenvalue weighted by Crippen LogP contribution is 2.38. The molecule has 47 heavy (non-hydrogen) atoms. The van der Waals surface area contributed by atoms with Crippen molar-refractivity contribution in [1.29, 1.82) is 0 Å². The first-order valence-corrected chi connectivity index (χ1v) is 15.6. The minimum absolute atomic E-state index is 0.203. The Morgan fingerprint density at radius 2 is 1.57 bits per heavy atom. The molecule has 0 aliphatic carbocycles. The van der Waals surface area contributed by atoms with Crippen LogP contribution in [-0.2, 0) is 20.8 Å². The molecule has 13 nitrogen and oxygen atoms in total. The average molecular weight is 650 g/mol. The van der Waals surface area contributed by atoms with Crippen LogP contribution in [0, 0.1) is 5.41 Å². The summed E-state index contributed by atoms with van der Waals surface area (Å²) in [5.74, 6) is 1.11. The van der Waals surface area contributed by atoms with Crippen LogP contribution in [0.3, 0.4) is 0 Å². The predicted molar refractivity (Wildman–Crippen MR) is 177 cm³/mol. The number of methoxy groups -OCH3 is 2. The molecule has 0 saturated carbocycles. The molecule has 1 N–H and O–H groups in total. The van der Waals surface area contributed by atoms with Crippen molar-refractivity contribution in [2.24, 2.45) is 5.41 Å². The normalized spacial score (nSPS) is 14.2. The molecule has 13 heteroatoms. The van der Waals surface area contributed by atoms with E-state index in [1.165, 1.54) is 12.4 Å². The highest BCUT2D eigenvalue weighted by Gasteiger charge is 2.43. The molecule has 2 aromatic heterocycles. The molecule has 4 aromatic rings. The number of H-pyrrole nitrogens is 1. The van der Waals surface area contributed by atoms with Gasteiger partial charge in [0.2, 0.25) is 0 Å². The minimum atomic E-state index is -0.696. The molecule has 1 aliphatic heterocycles. The van der Waals surface area contributed by atoms with Crippen LogP contribution in [0.4, 0.5) is 4.79 Å². The van der Waals surface area contributed by atoms with Gasteiger partial charge in [-0.25, -0.2) is 14.8 Å². The highest BCUT2D eigenvalue weighted by atomic mass is 16.6. The molecule has 2 aromatic carbocycles. The van der Waals surface area contributed by atoms with Gasteiger partial charge < -0.3 is 33.4 Å². The predicted octanol–water partition coefficient (Wildman–Crippen LogP) is 4.70. The zero-order valence-electron chi connectivity index (χ0n) is 27.8. The van der Waals surface area contributed by atoms with Crippen molar-refractivity contribution in [2.75, 3.05) is 33.9 Å². The van der Waals surface area contributed by atoms with Crippen molar-refractivity contribution in [3.8, 4) is 11.5 Å². The topological polar surface area (TPSA) is 155 Å². The summed E-state index contributed by atoms with van der Waals surface area (Å²) < 4.78 is 22.9. The number of amides is 1.